The van der Waals surface area contributed by atoms with Crippen LogP contribution in [0.3, 0.4) is 0 Å². The Hall–Kier alpha value is -1.02. The molecule has 2 rings (SSSR count). The maximum Gasteiger partial charge on any atom is 0.0367 e. The molecule has 0 radical (unpaired) electrons. The molecule has 0 N–H and O–H groups in total. The van der Waals surface area contributed by atoms with Gasteiger partial charge >= 0.3 is 0 Å². The van der Waals surface area contributed by atoms with Gasteiger partial charge in [-0.2, -0.15) is 0 Å². The predicted octanol–water partition coefficient (Wildman–Crippen LogP) is 2.99. The Labute approximate surface area is 105 Å². The number of nitrogens with zero attached hydrogens (tertiary/aromatic N) is 2. The highest BCUT2D eigenvalue weighted by molar-refractivity contribution is 5.46. The number of piperazine rings is 1. The van der Waals surface area contributed by atoms with Gasteiger partial charge in [-0.1, -0.05) is 18.2 Å². The summed E-state index contributed by atoms with van der Waals surface area (Å²) in [5, 5.41) is 0. The average Bonchev–Trinajstić information content (AvgIpc) is 2.28. The lowest BCUT2D eigenvalue weighted by Crippen LogP contribution is -2.58. The minimum absolute atomic E-state index is 0.624. The van der Waals surface area contributed by atoms with E-state index in [4.69, 9.17) is 0 Å². The van der Waals surface area contributed by atoms with E-state index in [1.54, 1.807) is 0 Å². The van der Waals surface area contributed by atoms with E-state index in [0.29, 0.717) is 18.1 Å². The second kappa shape index (κ2) is 5.09. The fourth-order valence-electron chi connectivity index (χ4n) is 3.20. The van der Waals surface area contributed by atoms with E-state index < -0.39 is 0 Å². The molecule has 2 heteroatoms. The molecule has 1 aliphatic rings. The smallest absolute Gasteiger partial charge is 0.0367 e. The van der Waals surface area contributed by atoms with E-state index in [1.807, 2.05) is 0 Å². The van der Waals surface area contributed by atoms with E-state index in [1.165, 1.54) is 5.69 Å². The molecule has 0 spiro atoms. The molecule has 1 heterocycles. The lowest BCUT2D eigenvalue weighted by Gasteiger charge is -2.47. The average molecular weight is 232 g/mol. The van der Waals surface area contributed by atoms with Crippen LogP contribution in [0.4, 0.5) is 5.69 Å². The molecule has 0 aliphatic carbocycles. The number of para-hydroxylation sites is 1. The molecule has 1 aliphatic heterocycles. The Kier molecular flexibility index (Phi) is 3.72. The van der Waals surface area contributed by atoms with Crippen molar-refractivity contribution in [3.63, 3.8) is 0 Å². The molecule has 0 saturated carbocycles. The van der Waals surface area contributed by atoms with Crippen molar-refractivity contribution >= 4 is 5.69 Å². The molecule has 1 aromatic carbocycles. The third kappa shape index (κ3) is 2.63. The summed E-state index contributed by atoms with van der Waals surface area (Å²) in [5.74, 6) is 0. The summed E-state index contributed by atoms with van der Waals surface area (Å²) < 4.78 is 0. The van der Waals surface area contributed by atoms with Crippen molar-refractivity contribution in [2.24, 2.45) is 0 Å². The molecular weight excluding hydrogens is 208 g/mol. The molecular formula is C15H24N2. The first-order chi connectivity index (χ1) is 8.09. The van der Waals surface area contributed by atoms with Crippen molar-refractivity contribution in [1.29, 1.82) is 0 Å². The maximum atomic E-state index is 2.62. The van der Waals surface area contributed by atoms with Crippen LogP contribution < -0.4 is 4.90 Å². The van der Waals surface area contributed by atoms with Gasteiger partial charge in [0.15, 0.2) is 0 Å². The Morgan fingerprint density at radius 1 is 1.00 bits per heavy atom. The number of hydrogen-bond acceptors (Lipinski definition) is 2. The molecule has 0 unspecified atom stereocenters. The summed E-state index contributed by atoms with van der Waals surface area (Å²) in [4.78, 5) is 5.13. The minimum Gasteiger partial charge on any atom is -0.368 e. The number of anilines is 1. The molecule has 0 bridgehead atoms. The molecule has 17 heavy (non-hydrogen) atoms. The van der Waals surface area contributed by atoms with Crippen molar-refractivity contribution < 1.29 is 0 Å². The Morgan fingerprint density at radius 2 is 1.53 bits per heavy atom. The lowest BCUT2D eigenvalue weighted by molar-refractivity contribution is 0.0954. The van der Waals surface area contributed by atoms with Gasteiger partial charge in [-0.25, -0.2) is 0 Å². The van der Waals surface area contributed by atoms with Crippen molar-refractivity contribution in [2.75, 3.05) is 18.0 Å². The molecule has 1 aromatic rings. The van der Waals surface area contributed by atoms with Gasteiger partial charge in [0.1, 0.15) is 0 Å². The SMILES string of the molecule is CC(C)N1[C@H](C)CN(c2ccccc2)C[C@@H]1C. The first kappa shape index (κ1) is 12.4. The van der Waals surface area contributed by atoms with E-state index in [-0.39, 0.29) is 0 Å². The first-order valence-corrected chi connectivity index (χ1v) is 6.67. The number of benzene rings is 1. The second-order valence-corrected chi connectivity index (χ2v) is 5.48. The fourth-order valence-corrected chi connectivity index (χ4v) is 3.20. The number of rotatable bonds is 2. The third-order valence-electron chi connectivity index (χ3n) is 3.70. The molecule has 94 valence electrons. The van der Waals surface area contributed by atoms with Crippen LogP contribution in [-0.4, -0.2) is 36.1 Å². The molecule has 1 fully saturated rings. The maximum absolute atomic E-state index is 2.62. The van der Waals surface area contributed by atoms with Crippen LogP contribution in [0.25, 0.3) is 0 Å². The van der Waals surface area contributed by atoms with Gasteiger partial charge < -0.3 is 4.90 Å². The zero-order valence-electron chi connectivity index (χ0n) is 11.4. The monoisotopic (exact) mass is 232 g/mol. The van der Waals surface area contributed by atoms with Crippen LogP contribution >= 0.6 is 0 Å². The van der Waals surface area contributed by atoms with Crippen molar-refractivity contribution in [1.82, 2.24) is 4.90 Å². The van der Waals surface area contributed by atoms with Gasteiger partial charge in [0.2, 0.25) is 0 Å². The molecule has 2 atom stereocenters. The predicted molar refractivity (Wildman–Crippen MR) is 74.6 cm³/mol. The summed E-state index contributed by atoms with van der Waals surface area (Å²) in [7, 11) is 0. The third-order valence-corrected chi connectivity index (χ3v) is 3.70. The zero-order valence-corrected chi connectivity index (χ0v) is 11.4. The topological polar surface area (TPSA) is 6.48 Å². The minimum atomic E-state index is 0.624. The summed E-state index contributed by atoms with van der Waals surface area (Å²) >= 11 is 0. The quantitative estimate of drug-likeness (QED) is 0.773. The zero-order chi connectivity index (χ0) is 12.4. The van der Waals surface area contributed by atoms with Gasteiger partial charge in [0.05, 0.1) is 0 Å². The first-order valence-electron chi connectivity index (χ1n) is 6.67. The standard InChI is InChI=1S/C15H24N2/c1-12(2)17-13(3)10-16(11-14(17)4)15-8-6-5-7-9-15/h5-9,12-14H,10-11H2,1-4H3/t13-,14+. The van der Waals surface area contributed by atoms with Gasteiger partial charge in [-0.05, 0) is 39.8 Å². The van der Waals surface area contributed by atoms with E-state index in [2.05, 4.69) is 67.8 Å². The fraction of sp³-hybridized carbons (Fsp3) is 0.600. The summed E-state index contributed by atoms with van der Waals surface area (Å²) in [5.41, 5.74) is 1.36. The molecule has 2 nitrogen and oxygen atoms in total. The lowest BCUT2D eigenvalue weighted by atomic mass is 10.0. The normalized spacial score (nSPS) is 26.5. The van der Waals surface area contributed by atoms with Crippen LogP contribution in [0.5, 0.6) is 0 Å². The largest absolute Gasteiger partial charge is 0.368 e. The van der Waals surface area contributed by atoms with Crippen LogP contribution in [0.1, 0.15) is 27.7 Å². The Bertz CT molecular complexity index is 335. The van der Waals surface area contributed by atoms with Crippen LogP contribution in [-0.2, 0) is 0 Å². The second-order valence-electron chi connectivity index (χ2n) is 5.48. The van der Waals surface area contributed by atoms with Gasteiger partial charge in [-0.15, -0.1) is 0 Å². The van der Waals surface area contributed by atoms with Crippen LogP contribution in [0.15, 0.2) is 30.3 Å². The summed E-state index contributed by atoms with van der Waals surface area (Å²) in [6, 6.07) is 12.6. The van der Waals surface area contributed by atoms with Crippen molar-refractivity contribution in [3.05, 3.63) is 30.3 Å². The summed E-state index contributed by atoms with van der Waals surface area (Å²) in [6.07, 6.45) is 0. The highest BCUT2D eigenvalue weighted by atomic mass is 15.3. The van der Waals surface area contributed by atoms with Gasteiger partial charge in [0.25, 0.3) is 0 Å². The van der Waals surface area contributed by atoms with Gasteiger partial charge in [0, 0.05) is 36.9 Å². The Morgan fingerprint density at radius 3 is 2.00 bits per heavy atom. The van der Waals surface area contributed by atoms with E-state index in [9.17, 15) is 0 Å². The summed E-state index contributed by atoms with van der Waals surface area (Å²) in [6.45, 7) is 11.5. The van der Waals surface area contributed by atoms with E-state index >= 15 is 0 Å². The van der Waals surface area contributed by atoms with Crippen LogP contribution in [0.2, 0.25) is 0 Å². The van der Waals surface area contributed by atoms with Crippen LogP contribution in [0, 0.1) is 0 Å². The van der Waals surface area contributed by atoms with E-state index in [0.717, 1.165) is 13.1 Å². The van der Waals surface area contributed by atoms with Crippen molar-refractivity contribution in [3.8, 4) is 0 Å². The number of hydrogen-bond donors (Lipinski definition) is 0. The highest BCUT2D eigenvalue weighted by Gasteiger charge is 2.30. The molecule has 0 amide bonds. The van der Waals surface area contributed by atoms with Crippen molar-refractivity contribution in [2.45, 2.75) is 45.8 Å². The molecule has 1 saturated heterocycles. The molecule has 0 aromatic heterocycles. The van der Waals surface area contributed by atoms with Gasteiger partial charge in [-0.3, -0.25) is 4.90 Å². The highest BCUT2D eigenvalue weighted by Crippen LogP contribution is 2.23. The Balaban J connectivity index is 2.11.